The molecule has 32 heavy (non-hydrogen) atoms. The molecule has 2 aliphatic heterocycles. The average Bonchev–Trinajstić information content (AvgIpc) is 3.18. The van der Waals surface area contributed by atoms with E-state index in [9.17, 15) is 9.59 Å². The highest BCUT2D eigenvalue weighted by Gasteiger charge is 2.36. The monoisotopic (exact) mass is 436 g/mol. The molecule has 170 valence electrons. The molecule has 0 radical (unpaired) electrons. The first kappa shape index (κ1) is 22.1. The minimum atomic E-state index is -0.188. The van der Waals surface area contributed by atoms with E-state index in [4.69, 9.17) is 4.74 Å². The number of hydrogen-bond donors (Lipinski definition) is 1. The van der Waals surface area contributed by atoms with Crippen LogP contribution >= 0.6 is 0 Å². The van der Waals surface area contributed by atoms with E-state index in [1.807, 2.05) is 34.7 Å². The lowest BCUT2D eigenvalue weighted by molar-refractivity contribution is -0.116. The Hall–Kier alpha value is -3.09. The summed E-state index contributed by atoms with van der Waals surface area (Å²) in [4.78, 5) is 27.6. The van der Waals surface area contributed by atoms with Crippen LogP contribution in [0.2, 0.25) is 0 Å². The Balaban J connectivity index is 1.60. The highest BCUT2D eigenvalue weighted by molar-refractivity contribution is 5.94. The second-order valence-electron chi connectivity index (χ2n) is 8.66. The van der Waals surface area contributed by atoms with Crippen LogP contribution in [0.4, 0.5) is 0 Å². The summed E-state index contributed by atoms with van der Waals surface area (Å²) < 4.78 is 7.59. The van der Waals surface area contributed by atoms with Crippen molar-refractivity contribution in [2.24, 2.45) is 5.92 Å². The predicted octanol–water partition coefficient (Wildman–Crippen LogP) is 3.13. The molecule has 1 N–H and O–H groups in total. The molecule has 4 rings (SSSR count). The first-order chi connectivity index (χ1) is 15.6. The minimum Gasteiger partial charge on any atom is -0.478 e. The molecule has 0 spiro atoms. The summed E-state index contributed by atoms with van der Waals surface area (Å²) in [7, 11) is 0. The summed E-state index contributed by atoms with van der Waals surface area (Å²) in [6.45, 7) is 8.11. The van der Waals surface area contributed by atoms with Crippen molar-refractivity contribution < 1.29 is 14.3 Å². The topological polar surface area (TPSA) is 76.5 Å². The SMILES string of the molecule is C=CC(=O)NCC(Cc1ccccc1)C1CCCCN1C(=O)c1nn2c(c1C)OCCC2. The van der Waals surface area contributed by atoms with E-state index in [2.05, 4.69) is 29.1 Å². The number of fused-ring (bicyclic) bond motifs is 1. The summed E-state index contributed by atoms with van der Waals surface area (Å²) in [5, 5.41) is 7.57. The van der Waals surface area contributed by atoms with Gasteiger partial charge in [-0.2, -0.15) is 5.10 Å². The van der Waals surface area contributed by atoms with E-state index in [-0.39, 0.29) is 23.8 Å². The van der Waals surface area contributed by atoms with Crippen LogP contribution in [0.15, 0.2) is 43.0 Å². The first-order valence-corrected chi connectivity index (χ1v) is 11.5. The fourth-order valence-electron chi connectivity index (χ4n) is 4.86. The van der Waals surface area contributed by atoms with Crippen molar-refractivity contribution in [3.05, 3.63) is 59.8 Å². The molecule has 3 heterocycles. The molecule has 2 aliphatic rings. The van der Waals surface area contributed by atoms with Crippen molar-refractivity contribution in [3.8, 4) is 5.88 Å². The number of benzene rings is 1. The number of piperidine rings is 1. The Kier molecular flexibility index (Phi) is 6.93. The van der Waals surface area contributed by atoms with E-state index in [0.717, 1.165) is 44.2 Å². The molecule has 7 nitrogen and oxygen atoms in total. The number of carbonyl (C=O) groups is 2. The van der Waals surface area contributed by atoms with E-state index in [0.29, 0.717) is 31.3 Å². The standard InChI is InChI=1S/C25H32N4O3/c1-3-22(30)26-17-20(16-19-10-5-4-6-11-19)21-12-7-8-13-28(21)24(31)23-18(2)25-29(27-23)14-9-15-32-25/h3-6,10-11,20-21H,1,7-9,12-17H2,2H3,(H,26,30). The van der Waals surface area contributed by atoms with Gasteiger partial charge in [0.15, 0.2) is 5.69 Å². The van der Waals surface area contributed by atoms with Gasteiger partial charge in [0, 0.05) is 43.6 Å². The second kappa shape index (κ2) is 10.0. The lowest BCUT2D eigenvalue weighted by Crippen LogP contribution is -2.51. The van der Waals surface area contributed by atoms with Crippen molar-refractivity contribution in [2.45, 2.75) is 51.6 Å². The lowest BCUT2D eigenvalue weighted by atomic mass is 9.85. The summed E-state index contributed by atoms with van der Waals surface area (Å²) >= 11 is 0. The fraction of sp³-hybridized carbons (Fsp3) is 0.480. The Morgan fingerprint density at radius 2 is 2.06 bits per heavy atom. The molecule has 2 atom stereocenters. The molecule has 7 heteroatoms. The van der Waals surface area contributed by atoms with Gasteiger partial charge in [0.2, 0.25) is 11.8 Å². The fourth-order valence-corrected chi connectivity index (χ4v) is 4.86. The molecule has 0 bridgehead atoms. The zero-order valence-electron chi connectivity index (χ0n) is 18.8. The van der Waals surface area contributed by atoms with Gasteiger partial charge in [0.1, 0.15) is 0 Å². The molecule has 1 fully saturated rings. The second-order valence-corrected chi connectivity index (χ2v) is 8.66. The number of nitrogens with one attached hydrogen (secondary N) is 1. The van der Waals surface area contributed by atoms with Gasteiger partial charge in [-0.3, -0.25) is 9.59 Å². The van der Waals surface area contributed by atoms with Crippen LogP contribution in [-0.2, 0) is 17.8 Å². The normalized spacial score (nSPS) is 18.9. The molecule has 2 unspecified atom stereocenters. The summed E-state index contributed by atoms with van der Waals surface area (Å²) in [6.07, 6.45) is 5.93. The van der Waals surface area contributed by atoms with Crippen LogP contribution in [-0.4, -0.2) is 52.2 Å². The van der Waals surface area contributed by atoms with Crippen molar-refractivity contribution in [2.75, 3.05) is 19.7 Å². The molecule has 2 amide bonds. The van der Waals surface area contributed by atoms with Crippen molar-refractivity contribution in [3.63, 3.8) is 0 Å². The quantitative estimate of drug-likeness (QED) is 0.677. The number of rotatable bonds is 7. The van der Waals surface area contributed by atoms with Crippen molar-refractivity contribution >= 4 is 11.8 Å². The largest absolute Gasteiger partial charge is 0.478 e. The molecule has 1 aromatic heterocycles. The van der Waals surface area contributed by atoms with E-state index >= 15 is 0 Å². The number of aryl methyl sites for hydroxylation is 1. The number of carbonyl (C=O) groups excluding carboxylic acids is 2. The molecular weight excluding hydrogens is 404 g/mol. The van der Waals surface area contributed by atoms with Gasteiger partial charge in [-0.25, -0.2) is 4.68 Å². The number of ether oxygens (including phenoxy) is 1. The van der Waals surface area contributed by atoms with Gasteiger partial charge >= 0.3 is 0 Å². The smallest absolute Gasteiger partial charge is 0.275 e. The Bertz CT molecular complexity index is 969. The number of amides is 2. The predicted molar refractivity (Wildman–Crippen MR) is 123 cm³/mol. The van der Waals surface area contributed by atoms with Gasteiger partial charge in [0.05, 0.1) is 6.61 Å². The summed E-state index contributed by atoms with van der Waals surface area (Å²) in [6, 6.07) is 10.3. The summed E-state index contributed by atoms with van der Waals surface area (Å²) in [5.74, 6) is 0.587. The molecule has 1 saturated heterocycles. The molecular formula is C25H32N4O3. The van der Waals surface area contributed by atoms with Crippen LogP contribution in [0, 0.1) is 12.8 Å². The third-order valence-electron chi connectivity index (χ3n) is 6.51. The zero-order valence-corrected chi connectivity index (χ0v) is 18.8. The zero-order chi connectivity index (χ0) is 22.5. The van der Waals surface area contributed by atoms with Gasteiger partial charge < -0.3 is 15.0 Å². The number of hydrogen-bond acceptors (Lipinski definition) is 4. The van der Waals surface area contributed by atoms with Gasteiger partial charge in [0.25, 0.3) is 5.91 Å². The lowest BCUT2D eigenvalue weighted by Gasteiger charge is -2.40. The van der Waals surface area contributed by atoms with Gasteiger partial charge in [-0.05, 0) is 44.2 Å². The molecule has 0 aliphatic carbocycles. The summed E-state index contributed by atoms with van der Waals surface area (Å²) in [5.41, 5.74) is 2.51. The molecule has 1 aromatic carbocycles. The number of nitrogens with zero attached hydrogens (tertiary/aromatic N) is 3. The van der Waals surface area contributed by atoms with Crippen LogP contribution in [0.3, 0.4) is 0 Å². The van der Waals surface area contributed by atoms with Gasteiger partial charge in [-0.1, -0.05) is 36.9 Å². The van der Waals surface area contributed by atoms with Crippen molar-refractivity contribution in [1.82, 2.24) is 20.0 Å². The maximum absolute atomic E-state index is 13.7. The number of likely N-dealkylation sites (tertiary alicyclic amines) is 1. The third kappa shape index (κ3) is 4.71. The van der Waals surface area contributed by atoms with Crippen molar-refractivity contribution in [1.29, 1.82) is 0 Å². The average molecular weight is 437 g/mol. The minimum absolute atomic E-state index is 0.0283. The van der Waals surface area contributed by atoms with Crippen LogP contribution in [0.1, 0.15) is 47.3 Å². The van der Waals surface area contributed by atoms with E-state index in [1.54, 1.807) is 0 Å². The Morgan fingerprint density at radius 1 is 1.25 bits per heavy atom. The maximum atomic E-state index is 13.7. The molecule has 0 saturated carbocycles. The van der Waals surface area contributed by atoms with E-state index in [1.165, 1.54) is 11.6 Å². The molecule has 2 aromatic rings. The highest BCUT2D eigenvalue weighted by Crippen LogP contribution is 2.31. The van der Waals surface area contributed by atoms with Gasteiger partial charge in [-0.15, -0.1) is 0 Å². The maximum Gasteiger partial charge on any atom is 0.275 e. The Labute approximate surface area is 189 Å². The number of aromatic nitrogens is 2. The van der Waals surface area contributed by atoms with Crippen LogP contribution in [0.5, 0.6) is 5.88 Å². The van der Waals surface area contributed by atoms with Crippen LogP contribution in [0.25, 0.3) is 0 Å². The third-order valence-corrected chi connectivity index (χ3v) is 6.51. The van der Waals surface area contributed by atoms with E-state index < -0.39 is 0 Å². The first-order valence-electron chi connectivity index (χ1n) is 11.5. The van der Waals surface area contributed by atoms with Crippen LogP contribution < -0.4 is 10.1 Å². The highest BCUT2D eigenvalue weighted by atomic mass is 16.5. The Morgan fingerprint density at radius 3 is 2.81 bits per heavy atom.